The fraction of sp³-hybridized carbons (Fsp3) is 0.455. The highest BCUT2D eigenvalue weighted by Gasteiger charge is 2.74. The van der Waals surface area contributed by atoms with Gasteiger partial charge in [0.1, 0.15) is 0 Å². The van der Waals surface area contributed by atoms with Crippen molar-refractivity contribution in [1.82, 2.24) is 0 Å². The monoisotopic (exact) mass is 279 g/mol. The minimum atomic E-state index is -4.74. The molecule has 0 N–H and O–H groups in total. The molecule has 4 rings (SSSR count). The Balaban J connectivity index is 1.93. The summed E-state index contributed by atoms with van der Waals surface area (Å²) in [7, 11) is 0. The van der Waals surface area contributed by atoms with Crippen molar-refractivity contribution >= 4 is 30.2 Å². The van der Waals surface area contributed by atoms with Gasteiger partial charge in [0.25, 0.3) is 0 Å². The molecule has 3 fully saturated rings. The molecule has 0 aromatic heterocycles. The van der Waals surface area contributed by atoms with Gasteiger partial charge in [0.15, 0.2) is 0 Å². The molecule has 0 nitrogen and oxygen atoms in total. The van der Waals surface area contributed by atoms with Crippen LogP contribution in [0.1, 0.15) is 24.8 Å². The van der Waals surface area contributed by atoms with Gasteiger partial charge in [0, 0.05) is 10.0 Å². The molecule has 0 spiro atoms. The van der Waals surface area contributed by atoms with Crippen LogP contribution < -0.4 is 0 Å². The van der Waals surface area contributed by atoms with Crippen molar-refractivity contribution in [3.63, 3.8) is 0 Å². The summed E-state index contributed by atoms with van der Waals surface area (Å²) in [6, 6.07) is 5.09. The summed E-state index contributed by atoms with van der Waals surface area (Å²) in [6.07, 6.45) is 0.479. The molecule has 0 aliphatic heterocycles. The van der Waals surface area contributed by atoms with E-state index in [0.717, 1.165) is 0 Å². The van der Waals surface area contributed by atoms with Crippen LogP contribution in [-0.4, -0.2) is 6.98 Å². The van der Waals surface area contributed by atoms with Gasteiger partial charge >= 0.3 is 6.98 Å². The predicted molar refractivity (Wildman–Crippen MR) is 63.8 cm³/mol. The van der Waals surface area contributed by atoms with Crippen LogP contribution in [0.25, 0.3) is 0 Å². The maximum atomic E-state index is 12.8. The van der Waals surface area contributed by atoms with E-state index in [1.807, 2.05) is 0 Å². The van der Waals surface area contributed by atoms with Gasteiger partial charge in [0.05, 0.1) is 0 Å². The highest BCUT2D eigenvalue weighted by Crippen LogP contribution is 2.83. The van der Waals surface area contributed by atoms with E-state index in [9.17, 15) is 12.9 Å². The fourth-order valence-electron chi connectivity index (χ4n) is 3.48. The van der Waals surface area contributed by atoms with Crippen molar-refractivity contribution in [1.29, 1.82) is 0 Å². The van der Waals surface area contributed by atoms with Crippen molar-refractivity contribution in [3.05, 3.63) is 33.8 Å². The van der Waals surface area contributed by atoms with Gasteiger partial charge in [-0.1, -0.05) is 53.8 Å². The van der Waals surface area contributed by atoms with Gasteiger partial charge < -0.3 is 12.9 Å². The van der Waals surface area contributed by atoms with Crippen LogP contribution >= 0.6 is 23.2 Å². The Bertz CT molecular complexity index is 458. The molecular formula is C11H9BCl2F3-. The third-order valence-electron chi connectivity index (χ3n) is 4.26. The summed E-state index contributed by atoms with van der Waals surface area (Å²) < 4.78 is 38.4. The second-order valence-corrected chi connectivity index (χ2v) is 6.16. The van der Waals surface area contributed by atoms with Gasteiger partial charge in [-0.25, -0.2) is 0 Å². The fourth-order valence-corrected chi connectivity index (χ4v) is 4.28. The Morgan fingerprint density at radius 3 is 1.88 bits per heavy atom. The summed E-state index contributed by atoms with van der Waals surface area (Å²) in [6.45, 7) is -4.74. The minimum Gasteiger partial charge on any atom is -0.449 e. The van der Waals surface area contributed by atoms with Gasteiger partial charge in [-0.3, -0.25) is 0 Å². The molecule has 3 saturated carbocycles. The number of rotatable bonds is 2. The first-order valence-electron chi connectivity index (χ1n) is 5.44. The van der Waals surface area contributed by atoms with Crippen molar-refractivity contribution in [2.45, 2.75) is 30.0 Å². The zero-order valence-electron chi connectivity index (χ0n) is 8.82. The second-order valence-electron chi connectivity index (χ2n) is 5.34. The van der Waals surface area contributed by atoms with Gasteiger partial charge in [-0.2, -0.15) is 0 Å². The predicted octanol–water partition coefficient (Wildman–Crippen LogP) is 5.02. The molecule has 2 bridgehead atoms. The lowest BCUT2D eigenvalue weighted by Crippen LogP contribution is -2.67. The zero-order chi connectivity index (χ0) is 12.5. The average Bonchev–Trinajstić information content (AvgIpc) is 2.03. The standard InChI is InChI=1S/C11H9BCl2F3/c13-7-2-1-3-8(14)9(7)10-4-11(5-10,6-10)12(15,16)17/h1-3H,4-6H2/q-1. The second kappa shape index (κ2) is 3.15. The van der Waals surface area contributed by atoms with E-state index in [0.29, 0.717) is 15.6 Å². The molecule has 6 heteroatoms. The molecule has 3 aliphatic rings. The molecule has 3 aliphatic carbocycles. The molecule has 0 radical (unpaired) electrons. The van der Waals surface area contributed by atoms with Crippen LogP contribution in [0.3, 0.4) is 0 Å². The Kier molecular flexibility index (Phi) is 2.18. The molecule has 0 saturated heterocycles. The maximum absolute atomic E-state index is 12.8. The van der Waals surface area contributed by atoms with E-state index in [2.05, 4.69) is 0 Å². The van der Waals surface area contributed by atoms with Crippen molar-refractivity contribution in [2.24, 2.45) is 0 Å². The van der Waals surface area contributed by atoms with Crippen LogP contribution in [0.5, 0.6) is 0 Å². The third-order valence-corrected chi connectivity index (χ3v) is 4.89. The van der Waals surface area contributed by atoms with Crippen LogP contribution in [0.15, 0.2) is 18.2 Å². The first kappa shape index (κ1) is 11.7. The SMILES string of the molecule is F[B-](F)(F)C12CC(c3c(Cl)cccc3Cl)(C1)C2. The average molecular weight is 280 g/mol. The molecule has 17 heavy (non-hydrogen) atoms. The Morgan fingerprint density at radius 2 is 1.47 bits per heavy atom. The molecular weight excluding hydrogens is 271 g/mol. The van der Waals surface area contributed by atoms with Gasteiger partial charge in [-0.15, -0.1) is 0 Å². The topological polar surface area (TPSA) is 0 Å². The summed E-state index contributed by atoms with van der Waals surface area (Å²) in [5.41, 5.74) is 0.303. The van der Waals surface area contributed by atoms with Crippen molar-refractivity contribution < 1.29 is 12.9 Å². The molecule has 0 atom stereocenters. The normalized spacial score (nSPS) is 35.1. The summed E-state index contributed by atoms with van der Waals surface area (Å²) in [5.74, 6) is 0. The van der Waals surface area contributed by atoms with Gasteiger partial charge in [0.2, 0.25) is 0 Å². The molecule has 0 unspecified atom stereocenters. The molecule has 1 aromatic carbocycles. The quantitative estimate of drug-likeness (QED) is 0.667. The highest BCUT2D eigenvalue weighted by atomic mass is 35.5. The first-order valence-corrected chi connectivity index (χ1v) is 6.19. The third kappa shape index (κ3) is 1.34. The highest BCUT2D eigenvalue weighted by molar-refractivity contribution is 6.63. The van der Waals surface area contributed by atoms with Crippen LogP contribution in [0.4, 0.5) is 12.9 Å². The molecule has 0 amide bonds. The number of halogens is 5. The summed E-state index contributed by atoms with van der Waals surface area (Å²) in [4.78, 5) is 0. The smallest absolute Gasteiger partial charge is 0.449 e. The lowest BCUT2D eigenvalue weighted by molar-refractivity contribution is -0.0399. The van der Waals surface area contributed by atoms with Crippen LogP contribution in [0.2, 0.25) is 15.4 Å². The number of hydrogen-bond donors (Lipinski definition) is 0. The van der Waals surface area contributed by atoms with E-state index in [4.69, 9.17) is 23.2 Å². The van der Waals surface area contributed by atoms with E-state index in [-0.39, 0.29) is 19.3 Å². The van der Waals surface area contributed by atoms with Crippen LogP contribution in [-0.2, 0) is 5.41 Å². The maximum Gasteiger partial charge on any atom is 0.484 e. The van der Waals surface area contributed by atoms with E-state index in [1.165, 1.54) is 0 Å². The lowest BCUT2D eigenvalue weighted by atomic mass is 9.23. The molecule has 1 aromatic rings. The number of hydrogen-bond acceptors (Lipinski definition) is 0. The summed E-state index contributed by atoms with van der Waals surface area (Å²) in [5, 5.41) is -0.427. The van der Waals surface area contributed by atoms with Crippen LogP contribution in [0, 0.1) is 0 Å². The number of benzene rings is 1. The largest absolute Gasteiger partial charge is 0.484 e. The molecule has 92 valence electrons. The summed E-state index contributed by atoms with van der Waals surface area (Å²) >= 11 is 12.1. The van der Waals surface area contributed by atoms with E-state index in [1.54, 1.807) is 18.2 Å². The Hall–Kier alpha value is -0.345. The Labute approximate surface area is 107 Å². The van der Waals surface area contributed by atoms with E-state index >= 15 is 0 Å². The minimum absolute atomic E-state index is 0.160. The molecule has 0 heterocycles. The first-order chi connectivity index (χ1) is 7.80. The van der Waals surface area contributed by atoms with Crippen molar-refractivity contribution in [3.8, 4) is 0 Å². The Morgan fingerprint density at radius 1 is 1.00 bits per heavy atom. The van der Waals surface area contributed by atoms with E-state index < -0.39 is 17.7 Å². The van der Waals surface area contributed by atoms with Gasteiger partial charge in [-0.05, 0) is 23.1 Å². The van der Waals surface area contributed by atoms with Crippen molar-refractivity contribution in [2.75, 3.05) is 0 Å². The zero-order valence-corrected chi connectivity index (χ0v) is 10.3. The lowest BCUT2D eigenvalue weighted by Gasteiger charge is -2.75.